The van der Waals surface area contributed by atoms with E-state index in [0.29, 0.717) is 12.1 Å². The van der Waals surface area contributed by atoms with E-state index in [0.717, 1.165) is 31.4 Å². The topological polar surface area (TPSA) is 49.3 Å². The third kappa shape index (κ3) is 4.75. The monoisotopic (exact) mass is 307 g/mol. The Kier molecular flexibility index (Phi) is 6.12. The number of rotatable bonds is 6. The first kappa shape index (κ1) is 16.4. The van der Waals surface area contributed by atoms with E-state index in [4.69, 9.17) is 5.11 Å². The molecule has 1 aromatic carbocycles. The van der Waals surface area contributed by atoms with E-state index in [1.54, 1.807) is 0 Å². The number of carboxylic acid groups (broad SMARTS) is 1. The van der Waals surface area contributed by atoms with Crippen LogP contribution in [0.15, 0.2) is 29.2 Å². The molecule has 1 aliphatic rings. The molecule has 2 rings (SSSR count). The molecule has 1 atom stereocenters. The molecule has 0 aromatic heterocycles. The van der Waals surface area contributed by atoms with Crippen LogP contribution in [0.1, 0.15) is 51.1 Å². The van der Waals surface area contributed by atoms with Gasteiger partial charge in [0.15, 0.2) is 0 Å². The van der Waals surface area contributed by atoms with Crippen LogP contribution in [-0.2, 0) is 4.79 Å². The highest BCUT2D eigenvalue weighted by molar-refractivity contribution is 7.99. The Morgan fingerprint density at radius 2 is 1.90 bits per heavy atom. The van der Waals surface area contributed by atoms with Gasteiger partial charge in [0.05, 0.1) is 5.92 Å². The third-order valence-electron chi connectivity index (χ3n) is 4.25. The number of carbonyl (C=O) groups is 1. The van der Waals surface area contributed by atoms with Crippen molar-refractivity contribution in [3.05, 3.63) is 29.8 Å². The summed E-state index contributed by atoms with van der Waals surface area (Å²) in [6.07, 6.45) is 3.52. The second-order valence-corrected chi connectivity index (χ2v) is 7.11. The predicted molar refractivity (Wildman–Crippen MR) is 87.8 cm³/mol. The van der Waals surface area contributed by atoms with Gasteiger partial charge in [-0.1, -0.05) is 19.1 Å². The van der Waals surface area contributed by atoms with E-state index in [1.165, 1.54) is 10.5 Å². The number of aliphatic carboxylic acids is 1. The number of hydrogen-bond donors (Lipinski definition) is 2. The maximum absolute atomic E-state index is 11.0. The molecule has 1 unspecified atom stereocenters. The van der Waals surface area contributed by atoms with E-state index in [1.807, 2.05) is 11.8 Å². The van der Waals surface area contributed by atoms with Gasteiger partial charge in [-0.25, -0.2) is 0 Å². The summed E-state index contributed by atoms with van der Waals surface area (Å²) in [6, 6.07) is 9.51. The minimum absolute atomic E-state index is 0.135. The van der Waals surface area contributed by atoms with Gasteiger partial charge in [0.25, 0.3) is 0 Å². The standard InChI is InChI=1S/C17H25NO2S/c1-3-21-16-10-6-13(7-11-16)12(2)18-15-8-4-14(5-9-15)17(19)20/h6-7,10-12,14-15,18H,3-5,8-9H2,1-2H3,(H,19,20). The highest BCUT2D eigenvalue weighted by Gasteiger charge is 2.26. The van der Waals surface area contributed by atoms with Crippen molar-refractivity contribution in [1.82, 2.24) is 5.32 Å². The number of carboxylic acids is 1. The largest absolute Gasteiger partial charge is 0.481 e. The SMILES string of the molecule is CCSc1ccc(C(C)NC2CCC(C(=O)O)CC2)cc1. The molecule has 1 saturated carbocycles. The molecule has 0 aliphatic heterocycles. The summed E-state index contributed by atoms with van der Waals surface area (Å²) in [4.78, 5) is 12.3. The van der Waals surface area contributed by atoms with Crippen LogP contribution in [0.2, 0.25) is 0 Å². The first-order chi connectivity index (χ1) is 10.1. The second kappa shape index (κ2) is 7.85. The fourth-order valence-corrected chi connectivity index (χ4v) is 3.64. The Hall–Kier alpha value is -1.00. The van der Waals surface area contributed by atoms with E-state index >= 15 is 0 Å². The predicted octanol–water partition coefficient (Wildman–Crippen LogP) is 4.09. The molecular weight excluding hydrogens is 282 g/mol. The smallest absolute Gasteiger partial charge is 0.306 e. The minimum Gasteiger partial charge on any atom is -0.481 e. The van der Waals surface area contributed by atoms with Crippen LogP contribution in [0.3, 0.4) is 0 Å². The van der Waals surface area contributed by atoms with Crippen LogP contribution in [-0.4, -0.2) is 22.9 Å². The lowest BCUT2D eigenvalue weighted by Crippen LogP contribution is -2.36. The Bertz CT molecular complexity index is 452. The van der Waals surface area contributed by atoms with E-state index < -0.39 is 5.97 Å². The molecule has 1 aromatic rings. The fourth-order valence-electron chi connectivity index (χ4n) is 2.98. The van der Waals surface area contributed by atoms with E-state index in [9.17, 15) is 4.79 Å². The molecular formula is C17H25NO2S. The normalized spacial score (nSPS) is 23.7. The lowest BCUT2D eigenvalue weighted by atomic mass is 9.85. The first-order valence-corrected chi connectivity index (χ1v) is 8.80. The molecule has 21 heavy (non-hydrogen) atoms. The Morgan fingerprint density at radius 3 is 2.43 bits per heavy atom. The van der Waals surface area contributed by atoms with Gasteiger partial charge >= 0.3 is 5.97 Å². The van der Waals surface area contributed by atoms with Crippen LogP contribution < -0.4 is 5.32 Å². The van der Waals surface area contributed by atoms with Crippen molar-refractivity contribution < 1.29 is 9.90 Å². The van der Waals surface area contributed by atoms with Crippen molar-refractivity contribution in [2.75, 3.05) is 5.75 Å². The van der Waals surface area contributed by atoms with Gasteiger partial charge < -0.3 is 10.4 Å². The van der Waals surface area contributed by atoms with Crippen molar-refractivity contribution >= 4 is 17.7 Å². The van der Waals surface area contributed by atoms with Gasteiger partial charge in [-0.2, -0.15) is 0 Å². The van der Waals surface area contributed by atoms with Gasteiger partial charge in [-0.05, 0) is 56.1 Å². The van der Waals surface area contributed by atoms with Gasteiger partial charge in [0.1, 0.15) is 0 Å². The van der Waals surface area contributed by atoms with Gasteiger partial charge in [0.2, 0.25) is 0 Å². The second-order valence-electron chi connectivity index (χ2n) is 5.78. The molecule has 0 heterocycles. The molecule has 4 heteroatoms. The van der Waals surface area contributed by atoms with Crippen molar-refractivity contribution in [3.63, 3.8) is 0 Å². The van der Waals surface area contributed by atoms with Crippen molar-refractivity contribution in [2.45, 2.75) is 56.5 Å². The molecule has 0 amide bonds. The quantitative estimate of drug-likeness (QED) is 0.777. The summed E-state index contributed by atoms with van der Waals surface area (Å²) in [5, 5.41) is 12.7. The van der Waals surface area contributed by atoms with Crippen LogP contribution >= 0.6 is 11.8 Å². The van der Waals surface area contributed by atoms with Gasteiger partial charge in [-0.3, -0.25) is 4.79 Å². The average molecular weight is 307 g/mol. The Morgan fingerprint density at radius 1 is 1.29 bits per heavy atom. The Labute approximate surface area is 131 Å². The molecule has 3 nitrogen and oxygen atoms in total. The number of hydrogen-bond acceptors (Lipinski definition) is 3. The van der Waals surface area contributed by atoms with Gasteiger partial charge in [0, 0.05) is 17.0 Å². The molecule has 0 spiro atoms. The zero-order valence-corrected chi connectivity index (χ0v) is 13.7. The number of nitrogens with one attached hydrogen (secondary N) is 1. The van der Waals surface area contributed by atoms with E-state index in [2.05, 4.69) is 43.4 Å². The summed E-state index contributed by atoms with van der Waals surface area (Å²) in [6.45, 7) is 4.35. The van der Waals surface area contributed by atoms with Crippen molar-refractivity contribution in [1.29, 1.82) is 0 Å². The highest BCUT2D eigenvalue weighted by Crippen LogP contribution is 2.27. The first-order valence-electron chi connectivity index (χ1n) is 7.81. The molecule has 0 radical (unpaired) electrons. The van der Waals surface area contributed by atoms with E-state index in [-0.39, 0.29) is 5.92 Å². The molecule has 116 valence electrons. The van der Waals surface area contributed by atoms with Crippen LogP contribution in [0.4, 0.5) is 0 Å². The van der Waals surface area contributed by atoms with Crippen molar-refractivity contribution in [2.24, 2.45) is 5.92 Å². The Balaban J connectivity index is 1.84. The molecule has 1 fully saturated rings. The zero-order valence-electron chi connectivity index (χ0n) is 12.8. The minimum atomic E-state index is -0.634. The van der Waals surface area contributed by atoms with Crippen LogP contribution in [0, 0.1) is 5.92 Å². The summed E-state index contributed by atoms with van der Waals surface area (Å²) < 4.78 is 0. The summed E-state index contributed by atoms with van der Waals surface area (Å²) in [7, 11) is 0. The number of benzene rings is 1. The number of thioether (sulfide) groups is 1. The molecule has 0 bridgehead atoms. The average Bonchev–Trinajstić information content (AvgIpc) is 2.49. The summed E-state index contributed by atoms with van der Waals surface area (Å²) in [5.74, 6) is 0.328. The molecule has 0 saturated heterocycles. The zero-order chi connectivity index (χ0) is 15.2. The lowest BCUT2D eigenvalue weighted by molar-refractivity contribution is -0.142. The highest BCUT2D eigenvalue weighted by atomic mass is 32.2. The fraction of sp³-hybridized carbons (Fsp3) is 0.588. The van der Waals surface area contributed by atoms with Gasteiger partial charge in [-0.15, -0.1) is 11.8 Å². The summed E-state index contributed by atoms with van der Waals surface area (Å²) in [5.41, 5.74) is 1.30. The summed E-state index contributed by atoms with van der Waals surface area (Å²) >= 11 is 1.86. The molecule has 1 aliphatic carbocycles. The lowest BCUT2D eigenvalue weighted by Gasteiger charge is -2.29. The third-order valence-corrected chi connectivity index (χ3v) is 5.15. The van der Waals surface area contributed by atoms with Crippen LogP contribution in [0.5, 0.6) is 0 Å². The molecule has 2 N–H and O–H groups in total. The van der Waals surface area contributed by atoms with Crippen molar-refractivity contribution in [3.8, 4) is 0 Å². The maximum atomic E-state index is 11.0. The van der Waals surface area contributed by atoms with Crippen LogP contribution in [0.25, 0.3) is 0 Å². The maximum Gasteiger partial charge on any atom is 0.306 e.